The highest BCUT2D eigenvalue weighted by molar-refractivity contribution is 5.96. The Kier molecular flexibility index (Phi) is 7.54. The second-order valence-corrected chi connectivity index (χ2v) is 4.91. The molecule has 1 aliphatic rings. The van der Waals surface area contributed by atoms with Crippen LogP contribution in [0.15, 0.2) is 0 Å². The van der Waals surface area contributed by atoms with Crippen molar-refractivity contribution in [1.29, 1.82) is 0 Å². The molecule has 0 spiro atoms. The molecule has 0 radical (unpaired) electrons. The van der Waals surface area contributed by atoms with Gasteiger partial charge in [-0.2, -0.15) is 0 Å². The molecule has 2 unspecified atom stereocenters. The van der Waals surface area contributed by atoms with E-state index in [2.05, 4.69) is 5.32 Å². The maximum Gasteiger partial charge on any atom is 0.245 e. The van der Waals surface area contributed by atoms with Crippen LogP contribution < -0.4 is 5.32 Å². The fourth-order valence-corrected chi connectivity index (χ4v) is 2.34. The highest BCUT2D eigenvalue weighted by Gasteiger charge is 2.38. The third-order valence-electron chi connectivity index (χ3n) is 3.46. The van der Waals surface area contributed by atoms with Gasteiger partial charge in [-0.05, 0) is 12.8 Å². The Hall–Kier alpha value is -1.14. The van der Waals surface area contributed by atoms with Gasteiger partial charge in [-0.15, -0.1) is 0 Å². The van der Waals surface area contributed by atoms with Crippen molar-refractivity contribution in [3.8, 4) is 0 Å². The maximum atomic E-state index is 12.3. The van der Waals surface area contributed by atoms with Crippen LogP contribution in [0.5, 0.6) is 0 Å². The standard InChI is InChI=1S/C14H26N2O4/c1-4-6-12-13(17)15-11(5-2)14(18)16(12)7-8-20-10-9-19-3/h11-12H,4-10H2,1-3H3,(H,15,17). The van der Waals surface area contributed by atoms with E-state index in [1.807, 2.05) is 13.8 Å². The predicted octanol–water partition coefficient (Wildman–Crippen LogP) is 0.555. The fraction of sp³-hybridized carbons (Fsp3) is 0.857. The van der Waals surface area contributed by atoms with Crippen molar-refractivity contribution in [2.24, 2.45) is 0 Å². The van der Waals surface area contributed by atoms with Crippen LogP contribution in [0.4, 0.5) is 0 Å². The molecule has 1 N–H and O–H groups in total. The molecule has 1 heterocycles. The Balaban J connectivity index is 2.58. The van der Waals surface area contributed by atoms with Crippen molar-refractivity contribution in [3.63, 3.8) is 0 Å². The number of hydrogen-bond acceptors (Lipinski definition) is 4. The molecule has 6 nitrogen and oxygen atoms in total. The van der Waals surface area contributed by atoms with Crippen molar-refractivity contribution in [1.82, 2.24) is 10.2 Å². The molecule has 1 saturated heterocycles. The molecule has 1 rings (SSSR count). The summed E-state index contributed by atoms with van der Waals surface area (Å²) < 4.78 is 10.3. The molecule has 0 aromatic rings. The summed E-state index contributed by atoms with van der Waals surface area (Å²) in [7, 11) is 1.62. The highest BCUT2D eigenvalue weighted by atomic mass is 16.5. The lowest BCUT2D eigenvalue weighted by molar-refractivity contribution is -0.150. The van der Waals surface area contributed by atoms with Crippen LogP contribution in [0, 0.1) is 0 Å². The van der Waals surface area contributed by atoms with Gasteiger partial charge in [0.15, 0.2) is 0 Å². The third kappa shape index (κ3) is 4.45. The third-order valence-corrected chi connectivity index (χ3v) is 3.46. The molecule has 2 atom stereocenters. The topological polar surface area (TPSA) is 67.9 Å². The molecule has 6 heteroatoms. The van der Waals surface area contributed by atoms with Gasteiger partial charge in [0.25, 0.3) is 0 Å². The molecule has 0 bridgehead atoms. The summed E-state index contributed by atoms with van der Waals surface area (Å²) in [5.74, 6) is -0.0453. The second kappa shape index (κ2) is 8.92. The van der Waals surface area contributed by atoms with Gasteiger partial charge in [-0.25, -0.2) is 0 Å². The Bertz CT molecular complexity index is 322. The van der Waals surface area contributed by atoms with Crippen LogP contribution in [-0.4, -0.2) is 62.3 Å². The van der Waals surface area contributed by atoms with E-state index in [-0.39, 0.29) is 17.9 Å². The maximum absolute atomic E-state index is 12.3. The first-order valence-corrected chi connectivity index (χ1v) is 7.33. The fourth-order valence-electron chi connectivity index (χ4n) is 2.34. The predicted molar refractivity (Wildman–Crippen MR) is 75.3 cm³/mol. The summed E-state index contributed by atoms with van der Waals surface area (Å²) in [6.45, 7) is 5.83. The number of piperazine rings is 1. The number of amides is 2. The van der Waals surface area contributed by atoms with Crippen LogP contribution in [0.25, 0.3) is 0 Å². The number of ether oxygens (including phenoxy) is 2. The smallest absolute Gasteiger partial charge is 0.245 e. The lowest BCUT2D eigenvalue weighted by Gasteiger charge is -2.38. The number of nitrogens with zero attached hydrogens (tertiary/aromatic N) is 1. The summed E-state index contributed by atoms with van der Waals surface area (Å²) in [5.41, 5.74) is 0. The van der Waals surface area contributed by atoms with E-state index in [0.717, 1.165) is 6.42 Å². The first kappa shape index (κ1) is 16.9. The Morgan fingerprint density at radius 1 is 1.20 bits per heavy atom. The molecule has 1 fully saturated rings. The highest BCUT2D eigenvalue weighted by Crippen LogP contribution is 2.16. The molecule has 0 saturated carbocycles. The summed E-state index contributed by atoms with van der Waals surface area (Å²) in [6, 6.07) is -0.754. The van der Waals surface area contributed by atoms with E-state index in [0.29, 0.717) is 39.2 Å². The average molecular weight is 286 g/mol. The van der Waals surface area contributed by atoms with Crippen LogP contribution in [0.2, 0.25) is 0 Å². The van der Waals surface area contributed by atoms with Crippen molar-refractivity contribution in [2.45, 2.75) is 45.2 Å². The largest absolute Gasteiger partial charge is 0.382 e. The number of methoxy groups -OCH3 is 1. The van der Waals surface area contributed by atoms with E-state index < -0.39 is 6.04 Å². The van der Waals surface area contributed by atoms with Crippen LogP contribution >= 0.6 is 0 Å². The summed E-state index contributed by atoms with van der Waals surface area (Å²) >= 11 is 0. The van der Waals surface area contributed by atoms with Crippen LogP contribution in [0.1, 0.15) is 33.1 Å². The monoisotopic (exact) mass is 286 g/mol. The van der Waals surface area contributed by atoms with Crippen LogP contribution in [0.3, 0.4) is 0 Å². The van der Waals surface area contributed by atoms with Gasteiger partial charge in [0, 0.05) is 13.7 Å². The Labute approximate surface area is 120 Å². The molecule has 20 heavy (non-hydrogen) atoms. The van der Waals surface area contributed by atoms with Crippen molar-refractivity contribution < 1.29 is 19.1 Å². The number of carbonyl (C=O) groups excluding carboxylic acids is 2. The Morgan fingerprint density at radius 2 is 1.95 bits per heavy atom. The second-order valence-electron chi connectivity index (χ2n) is 4.91. The SMILES string of the molecule is CCCC1C(=O)NC(CC)C(=O)N1CCOCCOC. The van der Waals surface area contributed by atoms with E-state index in [4.69, 9.17) is 9.47 Å². The van der Waals surface area contributed by atoms with Gasteiger partial charge in [0.1, 0.15) is 12.1 Å². The normalized spacial score (nSPS) is 23.1. The molecule has 2 amide bonds. The first-order valence-electron chi connectivity index (χ1n) is 7.33. The number of carbonyl (C=O) groups is 2. The van der Waals surface area contributed by atoms with Gasteiger partial charge in [0.05, 0.1) is 19.8 Å². The zero-order chi connectivity index (χ0) is 15.0. The quantitative estimate of drug-likeness (QED) is 0.629. The van der Waals surface area contributed by atoms with Gasteiger partial charge in [0.2, 0.25) is 11.8 Å². The summed E-state index contributed by atoms with van der Waals surface area (Å²) in [4.78, 5) is 26.1. The van der Waals surface area contributed by atoms with Crippen molar-refractivity contribution in [3.05, 3.63) is 0 Å². The van der Waals surface area contributed by atoms with Crippen molar-refractivity contribution in [2.75, 3.05) is 33.5 Å². The van der Waals surface area contributed by atoms with E-state index in [9.17, 15) is 9.59 Å². The molecular weight excluding hydrogens is 260 g/mol. The molecule has 1 aliphatic heterocycles. The minimum absolute atomic E-state index is 0.000825. The minimum Gasteiger partial charge on any atom is -0.382 e. The van der Waals surface area contributed by atoms with Gasteiger partial charge in [-0.3, -0.25) is 9.59 Å². The molecule has 0 aromatic carbocycles. The zero-order valence-corrected chi connectivity index (χ0v) is 12.7. The average Bonchev–Trinajstić information content (AvgIpc) is 2.45. The summed E-state index contributed by atoms with van der Waals surface area (Å²) in [6.07, 6.45) is 2.17. The van der Waals surface area contributed by atoms with Gasteiger partial charge >= 0.3 is 0 Å². The minimum atomic E-state index is -0.394. The van der Waals surface area contributed by atoms with E-state index in [1.165, 1.54) is 0 Å². The molecular formula is C14H26N2O4. The zero-order valence-electron chi connectivity index (χ0n) is 12.7. The number of nitrogens with one attached hydrogen (secondary N) is 1. The molecule has 116 valence electrons. The summed E-state index contributed by atoms with van der Waals surface area (Å²) in [5, 5.41) is 2.80. The van der Waals surface area contributed by atoms with Gasteiger partial charge < -0.3 is 19.7 Å². The lowest BCUT2D eigenvalue weighted by Crippen LogP contribution is -2.63. The Morgan fingerprint density at radius 3 is 2.55 bits per heavy atom. The van der Waals surface area contributed by atoms with Crippen LogP contribution in [-0.2, 0) is 19.1 Å². The molecule has 0 aromatic heterocycles. The van der Waals surface area contributed by atoms with Gasteiger partial charge in [-0.1, -0.05) is 20.3 Å². The molecule has 0 aliphatic carbocycles. The first-order chi connectivity index (χ1) is 9.65. The van der Waals surface area contributed by atoms with E-state index in [1.54, 1.807) is 12.0 Å². The van der Waals surface area contributed by atoms with E-state index >= 15 is 0 Å². The lowest BCUT2D eigenvalue weighted by atomic mass is 10.0. The number of rotatable bonds is 9. The van der Waals surface area contributed by atoms with Crippen molar-refractivity contribution >= 4 is 11.8 Å². The number of hydrogen-bond donors (Lipinski definition) is 1.